The second-order valence-electron chi connectivity index (χ2n) is 5.23. The van der Waals surface area contributed by atoms with Crippen molar-refractivity contribution in [2.45, 2.75) is 0 Å². The van der Waals surface area contributed by atoms with Gasteiger partial charge in [0.1, 0.15) is 5.76 Å². The van der Waals surface area contributed by atoms with Crippen molar-refractivity contribution in [3.05, 3.63) is 58.8 Å². The van der Waals surface area contributed by atoms with Gasteiger partial charge < -0.3 is 14.5 Å². The predicted octanol–water partition coefficient (Wildman–Crippen LogP) is 4.59. The molecule has 0 saturated carbocycles. The Labute approximate surface area is 137 Å². The van der Waals surface area contributed by atoms with Gasteiger partial charge in [-0.2, -0.15) is 0 Å². The summed E-state index contributed by atoms with van der Waals surface area (Å²) in [5, 5.41) is 4.32. The van der Waals surface area contributed by atoms with Crippen LogP contribution in [-0.4, -0.2) is 13.0 Å². The van der Waals surface area contributed by atoms with Gasteiger partial charge in [-0.15, -0.1) is 0 Å². The first-order valence-corrected chi connectivity index (χ1v) is 7.43. The van der Waals surface area contributed by atoms with E-state index in [1.54, 1.807) is 31.4 Å². The molecule has 114 valence electrons. The van der Waals surface area contributed by atoms with E-state index in [9.17, 15) is 4.79 Å². The van der Waals surface area contributed by atoms with Crippen molar-refractivity contribution in [1.82, 2.24) is 0 Å². The molecule has 0 unspecified atom stereocenters. The third kappa shape index (κ3) is 2.28. The Morgan fingerprint density at radius 2 is 2.09 bits per heavy atom. The summed E-state index contributed by atoms with van der Waals surface area (Å²) in [7, 11) is 1.60. The van der Waals surface area contributed by atoms with Crippen LogP contribution in [0.1, 0.15) is 11.3 Å². The maximum Gasteiger partial charge on any atom is 0.256 e. The lowest BCUT2D eigenvalue weighted by Crippen LogP contribution is -2.03. The molecule has 0 bridgehead atoms. The lowest BCUT2D eigenvalue weighted by Gasteiger charge is -1.99. The van der Waals surface area contributed by atoms with Crippen LogP contribution in [0, 0.1) is 0 Å². The van der Waals surface area contributed by atoms with Crippen LogP contribution in [0.15, 0.2) is 46.9 Å². The van der Waals surface area contributed by atoms with E-state index in [2.05, 4.69) is 5.32 Å². The number of furan rings is 1. The monoisotopic (exact) mass is 325 g/mol. The summed E-state index contributed by atoms with van der Waals surface area (Å²) < 4.78 is 11.1. The highest BCUT2D eigenvalue weighted by molar-refractivity contribution is 6.36. The molecule has 0 radical (unpaired) electrons. The molecular weight excluding hydrogens is 314 g/mol. The first-order valence-electron chi connectivity index (χ1n) is 7.05. The van der Waals surface area contributed by atoms with Crippen LogP contribution in [0.3, 0.4) is 0 Å². The number of halogens is 1. The molecule has 1 aliphatic rings. The number of carbonyl (C=O) groups excluding carboxylic acids is 1. The van der Waals surface area contributed by atoms with Gasteiger partial charge in [-0.1, -0.05) is 23.7 Å². The number of fused-ring (bicyclic) bond motifs is 2. The summed E-state index contributed by atoms with van der Waals surface area (Å²) in [6, 6.07) is 12.8. The molecule has 4 rings (SSSR count). The Kier molecular flexibility index (Phi) is 3.13. The van der Waals surface area contributed by atoms with Crippen molar-refractivity contribution in [3.63, 3.8) is 0 Å². The molecule has 1 aromatic heterocycles. The predicted molar refractivity (Wildman–Crippen MR) is 90.7 cm³/mol. The zero-order valence-corrected chi connectivity index (χ0v) is 13.0. The molecule has 0 spiro atoms. The van der Waals surface area contributed by atoms with Crippen molar-refractivity contribution in [2.24, 2.45) is 0 Å². The minimum absolute atomic E-state index is 0.172. The van der Waals surface area contributed by atoms with E-state index < -0.39 is 0 Å². The van der Waals surface area contributed by atoms with Gasteiger partial charge in [-0.25, -0.2) is 0 Å². The number of ether oxygens (including phenoxy) is 1. The largest absolute Gasteiger partial charge is 0.493 e. The summed E-state index contributed by atoms with van der Waals surface area (Å²) in [6.07, 6.45) is 1.72. The molecule has 0 aliphatic carbocycles. The fourth-order valence-electron chi connectivity index (χ4n) is 2.73. The van der Waals surface area contributed by atoms with Crippen molar-refractivity contribution in [3.8, 4) is 5.75 Å². The lowest BCUT2D eigenvalue weighted by molar-refractivity contribution is -0.110. The third-order valence-electron chi connectivity index (χ3n) is 3.80. The van der Waals surface area contributed by atoms with Crippen LogP contribution in [0.5, 0.6) is 5.75 Å². The fraction of sp³-hybridized carbons (Fsp3) is 0.0556. The van der Waals surface area contributed by atoms with Crippen LogP contribution < -0.4 is 10.1 Å². The van der Waals surface area contributed by atoms with Crippen molar-refractivity contribution in [1.29, 1.82) is 0 Å². The van der Waals surface area contributed by atoms with Gasteiger partial charge >= 0.3 is 0 Å². The highest BCUT2D eigenvalue weighted by Crippen LogP contribution is 2.36. The topological polar surface area (TPSA) is 51.5 Å². The van der Waals surface area contributed by atoms with Gasteiger partial charge in [0.2, 0.25) is 0 Å². The van der Waals surface area contributed by atoms with Crippen molar-refractivity contribution in [2.75, 3.05) is 12.4 Å². The van der Waals surface area contributed by atoms with E-state index >= 15 is 0 Å². The van der Waals surface area contributed by atoms with Gasteiger partial charge in [-0.3, -0.25) is 4.79 Å². The summed E-state index contributed by atoms with van der Waals surface area (Å²) >= 11 is 6.04. The van der Waals surface area contributed by atoms with Gasteiger partial charge in [0, 0.05) is 21.7 Å². The Morgan fingerprint density at radius 3 is 2.91 bits per heavy atom. The van der Waals surface area contributed by atoms with Crippen LogP contribution in [0.4, 0.5) is 5.69 Å². The number of hydrogen-bond donors (Lipinski definition) is 1. The fourth-order valence-corrected chi connectivity index (χ4v) is 2.91. The lowest BCUT2D eigenvalue weighted by atomic mass is 10.1. The number of nitrogens with one attached hydrogen (secondary N) is 1. The van der Waals surface area contributed by atoms with E-state index in [0.717, 1.165) is 16.6 Å². The van der Waals surface area contributed by atoms with Gasteiger partial charge in [-0.05, 0) is 36.4 Å². The number of anilines is 1. The Hall–Kier alpha value is -2.72. The molecule has 2 aromatic carbocycles. The van der Waals surface area contributed by atoms with E-state index in [4.69, 9.17) is 20.8 Å². The van der Waals surface area contributed by atoms with Crippen molar-refractivity contribution < 1.29 is 13.9 Å². The molecule has 5 heteroatoms. The first kappa shape index (κ1) is 13.9. The number of amides is 1. The average Bonchev–Trinajstić information content (AvgIpc) is 3.09. The standard InChI is InChI=1S/C18H12ClNO3/c1-22-16-4-2-3-10-7-12(23-17(10)16)9-14-13-8-11(19)5-6-15(13)20-18(14)21/h2-9H,1H3,(H,20,21)/b14-9-. The Morgan fingerprint density at radius 1 is 1.22 bits per heavy atom. The molecule has 1 N–H and O–H groups in total. The molecule has 2 heterocycles. The summed E-state index contributed by atoms with van der Waals surface area (Å²) in [5.41, 5.74) is 2.71. The molecule has 4 nitrogen and oxygen atoms in total. The molecule has 0 atom stereocenters. The second-order valence-corrected chi connectivity index (χ2v) is 5.67. The number of para-hydroxylation sites is 1. The summed E-state index contributed by atoms with van der Waals surface area (Å²) in [5.74, 6) is 1.07. The maximum atomic E-state index is 12.2. The highest BCUT2D eigenvalue weighted by Gasteiger charge is 2.24. The van der Waals surface area contributed by atoms with Gasteiger partial charge in [0.15, 0.2) is 11.3 Å². The zero-order valence-electron chi connectivity index (χ0n) is 12.2. The molecule has 23 heavy (non-hydrogen) atoms. The van der Waals surface area contributed by atoms with Crippen LogP contribution >= 0.6 is 11.6 Å². The molecule has 1 aliphatic heterocycles. The smallest absolute Gasteiger partial charge is 0.256 e. The van der Waals surface area contributed by atoms with E-state index in [1.807, 2.05) is 24.3 Å². The quantitative estimate of drug-likeness (QED) is 0.701. The Bertz CT molecular complexity index is 972. The van der Waals surface area contributed by atoms with Crippen LogP contribution in [-0.2, 0) is 4.79 Å². The molecular formula is C18H12ClNO3. The number of rotatable bonds is 2. The molecule has 0 saturated heterocycles. The second kappa shape index (κ2) is 5.18. The van der Waals surface area contributed by atoms with Gasteiger partial charge in [0.05, 0.1) is 12.7 Å². The maximum absolute atomic E-state index is 12.2. The van der Waals surface area contributed by atoms with Crippen molar-refractivity contribution >= 4 is 45.8 Å². The molecule has 1 amide bonds. The third-order valence-corrected chi connectivity index (χ3v) is 4.03. The SMILES string of the molecule is COc1cccc2cc(/C=C3\C(=O)Nc4ccc(Cl)cc43)oc12. The number of hydrogen-bond acceptors (Lipinski definition) is 3. The normalized spacial score (nSPS) is 15.0. The first-order chi connectivity index (χ1) is 11.2. The van der Waals surface area contributed by atoms with Crippen LogP contribution in [0.25, 0.3) is 22.6 Å². The zero-order chi connectivity index (χ0) is 16.0. The van der Waals surface area contributed by atoms with Crippen LogP contribution in [0.2, 0.25) is 5.02 Å². The van der Waals surface area contributed by atoms with E-state index in [-0.39, 0.29) is 5.91 Å². The minimum Gasteiger partial charge on any atom is -0.493 e. The average molecular weight is 326 g/mol. The molecule has 0 fully saturated rings. The number of benzene rings is 2. The van der Waals surface area contributed by atoms with E-state index in [1.165, 1.54) is 0 Å². The van der Waals surface area contributed by atoms with E-state index in [0.29, 0.717) is 27.7 Å². The van der Waals surface area contributed by atoms with Gasteiger partial charge in [0.25, 0.3) is 5.91 Å². The molecule has 3 aromatic rings. The highest BCUT2D eigenvalue weighted by atomic mass is 35.5. The summed E-state index contributed by atoms with van der Waals surface area (Å²) in [4.78, 5) is 12.2. The minimum atomic E-state index is -0.172. The number of carbonyl (C=O) groups is 1. The number of methoxy groups -OCH3 is 1. The summed E-state index contributed by atoms with van der Waals surface area (Å²) in [6.45, 7) is 0. The Balaban J connectivity index is 1.85.